The molecule has 2 aromatic heterocycles. The molecular formula is C23H27N5O6S. The van der Waals surface area contributed by atoms with Gasteiger partial charge in [0.1, 0.15) is 16.1 Å². The molecule has 0 atom stereocenters. The van der Waals surface area contributed by atoms with E-state index in [0.29, 0.717) is 17.3 Å². The Labute approximate surface area is 202 Å². The van der Waals surface area contributed by atoms with Crippen molar-refractivity contribution in [2.75, 3.05) is 10.6 Å². The quantitative estimate of drug-likeness (QED) is 0.432. The number of fused-ring (bicyclic) bond motifs is 1. The largest absolute Gasteiger partial charge is 0.465 e. The standard InChI is InChI=1S/C23H27N5O6S/c1-23(2,3)34-21(29)26-35(32,33)19-8-7-17(10-18(19)24)28(22(30)31)13-16-12-27-11-15(14-4-5-14)6-9-20(27)25-16/h6-12,14H,4-5,13,24H2,1-3H3,(H,26,29)(H,30,31). The van der Waals surface area contributed by atoms with Crippen molar-refractivity contribution >= 4 is 39.2 Å². The van der Waals surface area contributed by atoms with Crippen molar-refractivity contribution in [2.24, 2.45) is 0 Å². The van der Waals surface area contributed by atoms with E-state index in [1.54, 1.807) is 31.7 Å². The van der Waals surface area contributed by atoms with Gasteiger partial charge in [-0.05, 0) is 69.4 Å². The normalized spacial score (nSPS) is 14.0. The number of pyridine rings is 1. The van der Waals surface area contributed by atoms with Crippen LogP contribution in [0.15, 0.2) is 47.6 Å². The Morgan fingerprint density at radius 2 is 1.94 bits per heavy atom. The van der Waals surface area contributed by atoms with E-state index in [1.165, 1.54) is 30.5 Å². The van der Waals surface area contributed by atoms with Crippen LogP contribution in [0.1, 0.15) is 50.8 Å². The minimum atomic E-state index is -4.34. The molecule has 12 heteroatoms. The van der Waals surface area contributed by atoms with E-state index < -0.39 is 27.8 Å². The van der Waals surface area contributed by atoms with E-state index in [2.05, 4.69) is 4.98 Å². The van der Waals surface area contributed by atoms with Gasteiger partial charge in [-0.3, -0.25) is 4.90 Å². The van der Waals surface area contributed by atoms with E-state index in [9.17, 15) is 23.1 Å². The maximum absolute atomic E-state index is 12.6. The van der Waals surface area contributed by atoms with Gasteiger partial charge >= 0.3 is 12.2 Å². The molecule has 0 saturated heterocycles. The first-order chi connectivity index (χ1) is 16.3. The van der Waals surface area contributed by atoms with Gasteiger partial charge < -0.3 is 20.0 Å². The lowest BCUT2D eigenvalue weighted by Crippen LogP contribution is -2.36. The summed E-state index contributed by atoms with van der Waals surface area (Å²) in [4.78, 5) is 29.0. The van der Waals surface area contributed by atoms with Crippen LogP contribution in [-0.2, 0) is 21.3 Å². The van der Waals surface area contributed by atoms with Crippen LogP contribution in [0, 0.1) is 0 Å². The predicted octanol–water partition coefficient (Wildman–Crippen LogP) is 3.69. The van der Waals surface area contributed by atoms with Crippen LogP contribution in [-0.4, -0.2) is 40.7 Å². The second-order valence-corrected chi connectivity index (χ2v) is 11.1. The number of amides is 2. The molecule has 0 aliphatic heterocycles. The smallest absolute Gasteiger partial charge is 0.421 e. The summed E-state index contributed by atoms with van der Waals surface area (Å²) >= 11 is 0. The summed E-state index contributed by atoms with van der Waals surface area (Å²) in [5.41, 5.74) is 7.41. The van der Waals surface area contributed by atoms with Crippen molar-refractivity contribution in [1.29, 1.82) is 0 Å². The molecule has 4 rings (SSSR count). The Bertz CT molecular complexity index is 1410. The molecule has 0 unspecified atom stereocenters. The summed E-state index contributed by atoms with van der Waals surface area (Å²) in [6.07, 6.45) is 3.70. The fourth-order valence-electron chi connectivity index (χ4n) is 3.64. The number of sulfonamides is 1. The lowest BCUT2D eigenvalue weighted by atomic mass is 10.2. The number of anilines is 2. The Hall–Kier alpha value is -3.80. The molecular weight excluding hydrogens is 474 g/mol. The molecule has 0 spiro atoms. The second kappa shape index (κ2) is 8.77. The summed E-state index contributed by atoms with van der Waals surface area (Å²) in [7, 11) is -4.34. The Balaban J connectivity index is 1.55. The third-order valence-electron chi connectivity index (χ3n) is 5.33. The van der Waals surface area contributed by atoms with Gasteiger partial charge in [0, 0.05) is 18.1 Å². The fourth-order valence-corrected chi connectivity index (χ4v) is 4.63. The Morgan fingerprint density at radius 1 is 1.23 bits per heavy atom. The highest BCUT2D eigenvalue weighted by Crippen LogP contribution is 2.40. The van der Waals surface area contributed by atoms with Crippen LogP contribution < -0.4 is 15.4 Å². The SMILES string of the molecule is CC(C)(C)OC(=O)NS(=O)(=O)c1ccc(N(Cc2cn3cc(C4CC4)ccc3n2)C(=O)O)cc1N. The zero-order valence-corrected chi connectivity index (χ0v) is 20.4. The molecule has 0 bridgehead atoms. The van der Waals surface area contributed by atoms with Crippen molar-refractivity contribution in [1.82, 2.24) is 14.1 Å². The number of benzene rings is 1. The van der Waals surface area contributed by atoms with Crippen molar-refractivity contribution < 1.29 is 27.9 Å². The number of carboxylic acid groups (broad SMARTS) is 1. The number of ether oxygens (including phenoxy) is 1. The van der Waals surface area contributed by atoms with E-state index in [0.717, 1.165) is 11.0 Å². The highest BCUT2D eigenvalue weighted by Gasteiger charge is 2.27. The first kappa shape index (κ1) is 24.3. The number of carbonyl (C=O) groups excluding carboxylic acids is 1. The van der Waals surface area contributed by atoms with Gasteiger partial charge in [-0.1, -0.05) is 6.07 Å². The van der Waals surface area contributed by atoms with E-state index >= 15 is 0 Å². The zero-order chi connectivity index (χ0) is 25.5. The molecule has 1 saturated carbocycles. The number of aromatic nitrogens is 2. The van der Waals surface area contributed by atoms with Crippen LogP contribution >= 0.6 is 0 Å². The number of nitrogens with zero attached hydrogens (tertiary/aromatic N) is 3. The van der Waals surface area contributed by atoms with Crippen LogP contribution in [0.4, 0.5) is 21.0 Å². The maximum atomic E-state index is 12.6. The third kappa shape index (κ3) is 5.65. The van der Waals surface area contributed by atoms with Crippen LogP contribution in [0.5, 0.6) is 0 Å². The molecule has 4 N–H and O–H groups in total. The van der Waals surface area contributed by atoms with Gasteiger partial charge in [-0.25, -0.2) is 27.7 Å². The lowest BCUT2D eigenvalue weighted by molar-refractivity contribution is 0.0570. The predicted molar refractivity (Wildman–Crippen MR) is 129 cm³/mol. The molecule has 2 heterocycles. The number of rotatable bonds is 6. The van der Waals surface area contributed by atoms with Gasteiger partial charge in [-0.15, -0.1) is 0 Å². The van der Waals surface area contributed by atoms with Crippen LogP contribution in [0.2, 0.25) is 0 Å². The monoisotopic (exact) mass is 501 g/mol. The summed E-state index contributed by atoms with van der Waals surface area (Å²) in [5.74, 6) is 0.573. The van der Waals surface area contributed by atoms with Gasteiger partial charge in [0.05, 0.1) is 17.9 Å². The number of carbonyl (C=O) groups is 2. The maximum Gasteiger partial charge on any atom is 0.421 e. The third-order valence-corrected chi connectivity index (χ3v) is 6.72. The summed E-state index contributed by atoms with van der Waals surface area (Å²) in [6, 6.07) is 7.59. The first-order valence-corrected chi connectivity index (χ1v) is 12.4. The van der Waals surface area contributed by atoms with Crippen molar-refractivity contribution in [2.45, 2.75) is 56.6 Å². The van der Waals surface area contributed by atoms with Crippen LogP contribution in [0.25, 0.3) is 5.65 Å². The minimum Gasteiger partial charge on any atom is -0.465 e. The molecule has 1 aliphatic carbocycles. The van der Waals surface area contributed by atoms with E-state index in [4.69, 9.17) is 10.5 Å². The topological polar surface area (TPSA) is 156 Å². The second-order valence-electron chi connectivity index (χ2n) is 9.43. The van der Waals surface area contributed by atoms with Gasteiger partial charge in [0.25, 0.3) is 10.0 Å². The Kier molecular flexibility index (Phi) is 6.09. The highest BCUT2D eigenvalue weighted by atomic mass is 32.2. The van der Waals surface area contributed by atoms with Crippen molar-refractivity contribution in [3.05, 3.63) is 54.0 Å². The number of hydrogen-bond acceptors (Lipinski definition) is 7. The molecule has 35 heavy (non-hydrogen) atoms. The fraction of sp³-hybridized carbons (Fsp3) is 0.348. The molecule has 2 amide bonds. The van der Waals surface area contributed by atoms with Gasteiger partial charge in [0.2, 0.25) is 0 Å². The lowest BCUT2D eigenvalue weighted by Gasteiger charge is -2.21. The molecule has 1 aliphatic rings. The Morgan fingerprint density at radius 3 is 2.54 bits per heavy atom. The van der Waals surface area contributed by atoms with Crippen molar-refractivity contribution in [3.8, 4) is 0 Å². The minimum absolute atomic E-state index is 0.0720. The number of nitrogens with two attached hydrogens (primary N) is 1. The zero-order valence-electron chi connectivity index (χ0n) is 19.6. The molecule has 11 nitrogen and oxygen atoms in total. The molecule has 1 aromatic carbocycles. The molecule has 186 valence electrons. The van der Waals surface area contributed by atoms with Crippen LogP contribution in [0.3, 0.4) is 0 Å². The van der Waals surface area contributed by atoms with E-state index in [1.807, 2.05) is 22.7 Å². The van der Waals surface area contributed by atoms with E-state index in [-0.39, 0.29) is 22.8 Å². The number of hydrogen-bond donors (Lipinski definition) is 3. The highest BCUT2D eigenvalue weighted by molar-refractivity contribution is 7.90. The summed E-state index contributed by atoms with van der Waals surface area (Å²) in [6.45, 7) is 4.71. The first-order valence-electron chi connectivity index (χ1n) is 11.0. The molecule has 1 fully saturated rings. The average molecular weight is 502 g/mol. The molecule has 0 radical (unpaired) electrons. The molecule has 3 aromatic rings. The van der Waals surface area contributed by atoms with Gasteiger partial charge in [0.15, 0.2) is 0 Å². The number of nitrogens with one attached hydrogen (secondary N) is 1. The number of imidazole rings is 1. The summed E-state index contributed by atoms with van der Waals surface area (Å²) in [5, 5.41) is 9.79. The average Bonchev–Trinajstić information content (AvgIpc) is 3.49. The number of nitrogen functional groups attached to an aromatic ring is 1. The summed E-state index contributed by atoms with van der Waals surface area (Å²) < 4.78 is 33.9. The van der Waals surface area contributed by atoms with Crippen molar-refractivity contribution in [3.63, 3.8) is 0 Å². The van der Waals surface area contributed by atoms with Gasteiger partial charge in [-0.2, -0.15) is 0 Å².